The maximum atomic E-state index is 13.0. The third kappa shape index (κ3) is 3.39. The van der Waals surface area contributed by atoms with Crippen LogP contribution in [0.25, 0.3) is 0 Å². The Balaban J connectivity index is 1.59. The number of hydrogen-bond donors (Lipinski definition) is 0. The first-order chi connectivity index (χ1) is 15.3. The molecule has 0 spiro atoms. The Hall–Kier alpha value is -4.06. The molecule has 1 aliphatic carbocycles. The summed E-state index contributed by atoms with van der Waals surface area (Å²) in [4.78, 5) is 51.4. The van der Waals surface area contributed by atoms with Crippen molar-refractivity contribution in [3.05, 3.63) is 106 Å². The first-order valence-electron chi connectivity index (χ1n) is 10.1. The molecule has 0 atom stereocenters. The number of ketones is 3. The molecule has 160 valence electrons. The number of esters is 1. The minimum absolute atomic E-state index is 0.0119. The van der Waals surface area contributed by atoms with E-state index in [0.717, 1.165) is 11.4 Å². The van der Waals surface area contributed by atoms with E-state index in [0.29, 0.717) is 17.7 Å². The molecule has 0 bridgehead atoms. The van der Waals surface area contributed by atoms with E-state index in [1.807, 2.05) is 18.4 Å². The van der Waals surface area contributed by atoms with Crippen LogP contribution in [0.15, 0.2) is 61.2 Å². The van der Waals surface area contributed by atoms with Crippen LogP contribution >= 0.6 is 0 Å². The second-order valence-electron chi connectivity index (χ2n) is 7.62. The first-order valence-corrected chi connectivity index (χ1v) is 10.1. The fraction of sp³-hybridized carbons (Fsp3) is 0.154. The fourth-order valence-corrected chi connectivity index (χ4v) is 4.10. The molecule has 3 aromatic rings. The molecular weight excluding hydrogens is 406 g/mol. The van der Waals surface area contributed by atoms with E-state index in [1.54, 1.807) is 36.4 Å². The van der Waals surface area contributed by atoms with Crippen molar-refractivity contribution in [2.75, 3.05) is 6.61 Å². The summed E-state index contributed by atoms with van der Waals surface area (Å²) in [6.07, 6.45) is 1.74. The quantitative estimate of drug-likeness (QED) is 0.263. The van der Waals surface area contributed by atoms with Crippen LogP contribution in [0.3, 0.4) is 0 Å². The van der Waals surface area contributed by atoms with Crippen molar-refractivity contribution in [2.45, 2.75) is 20.4 Å². The average Bonchev–Trinajstić information content (AvgIpc) is 3.09. The second kappa shape index (κ2) is 8.23. The molecule has 0 radical (unpaired) electrons. The number of allylic oxidation sites excluding steroid dienone is 1. The summed E-state index contributed by atoms with van der Waals surface area (Å²) >= 11 is 0. The van der Waals surface area contributed by atoms with Crippen LogP contribution in [0.4, 0.5) is 0 Å². The van der Waals surface area contributed by atoms with Crippen molar-refractivity contribution < 1.29 is 23.9 Å². The molecule has 0 saturated carbocycles. The highest BCUT2D eigenvalue weighted by Crippen LogP contribution is 2.30. The zero-order valence-electron chi connectivity index (χ0n) is 17.8. The number of carbonyl (C=O) groups excluding carboxylic acids is 4. The van der Waals surface area contributed by atoms with Crippen molar-refractivity contribution >= 4 is 23.3 Å². The zero-order chi connectivity index (χ0) is 23.0. The number of benzene rings is 2. The number of rotatable bonds is 6. The van der Waals surface area contributed by atoms with Gasteiger partial charge in [0, 0.05) is 45.7 Å². The van der Waals surface area contributed by atoms with E-state index in [1.165, 1.54) is 18.2 Å². The molecule has 0 fully saturated rings. The van der Waals surface area contributed by atoms with E-state index in [2.05, 4.69) is 6.58 Å². The summed E-state index contributed by atoms with van der Waals surface area (Å²) < 4.78 is 7.21. The third-order valence-corrected chi connectivity index (χ3v) is 5.69. The van der Waals surface area contributed by atoms with Crippen molar-refractivity contribution in [3.63, 3.8) is 0 Å². The lowest BCUT2D eigenvalue weighted by atomic mass is 9.82. The number of fused-ring (bicyclic) bond motifs is 2. The number of carbonyl (C=O) groups is 4. The number of aryl methyl sites for hydroxylation is 1. The molecule has 0 N–H and O–H groups in total. The smallest absolute Gasteiger partial charge is 0.339 e. The Morgan fingerprint density at radius 1 is 0.938 bits per heavy atom. The molecule has 1 heterocycles. The molecule has 0 aliphatic heterocycles. The van der Waals surface area contributed by atoms with Crippen molar-refractivity contribution in [3.8, 4) is 0 Å². The van der Waals surface area contributed by atoms with Crippen molar-refractivity contribution in [1.82, 2.24) is 4.57 Å². The van der Waals surface area contributed by atoms with Crippen molar-refractivity contribution in [1.29, 1.82) is 0 Å². The maximum absolute atomic E-state index is 13.0. The minimum atomic E-state index is -0.823. The van der Waals surface area contributed by atoms with E-state index in [9.17, 15) is 19.2 Å². The van der Waals surface area contributed by atoms with Gasteiger partial charge in [0.25, 0.3) is 0 Å². The SMILES string of the molecule is C=CCn1c(C)cc(C(=O)COC(=O)c2cccc3c2C(=O)c2ccccc2C3=O)c1C. The lowest BCUT2D eigenvalue weighted by molar-refractivity contribution is 0.0472. The van der Waals surface area contributed by atoms with Gasteiger partial charge in [-0.3, -0.25) is 14.4 Å². The van der Waals surface area contributed by atoms with Gasteiger partial charge in [-0.15, -0.1) is 6.58 Å². The lowest BCUT2D eigenvalue weighted by Crippen LogP contribution is -2.25. The number of nitrogens with zero attached hydrogens (tertiary/aromatic N) is 1. The molecule has 4 rings (SSSR count). The summed E-state index contributed by atoms with van der Waals surface area (Å²) in [5.74, 6) is -1.91. The maximum Gasteiger partial charge on any atom is 0.339 e. The van der Waals surface area contributed by atoms with Crippen LogP contribution < -0.4 is 0 Å². The molecule has 2 aromatic carbocycles. The fourth-order valence-electron chi connectivity index (χ4n) is 4.10. The Morgan fingerprint density at radius 2 is 1.59 bits per heavy atom. The van der Waals surface area contributed by atoms with Crippen LogP contribution in [0.2, 0.25) is 0 Å². The van der Waals surface area contributed by atoms with Gasteiger partial charge < -0.3 is 9.30 Å². The Kier molecular flexibility index (Phi) is 5.45. The van der Waals surface area contributed by atoms with E-state index in [-0.39, 0.29) is 33.8 Å². The van der Waals surface area contributed by atoms with Crippen LogP contribution in [0.5, 0.6) is 0 Å². The molecule has 0 unspecified atom stereocenters. The predicted molar refractivity (Wildman–Crippen MR) is 118 cm³/mol. The number of Topliss-reactive ketones (excluding diaryl/α,β-unsaturated/α-hetero) is 1. The van der Waals surface area contributed by atoms with E-state index < -0.39 is 18.4 Å². The molecule has 1 aliphatic rings. The molecule has 32 heavy (non-hydrogen) atoms. The number of hydrogen-bond acceptors (Lipinski definition) is 5. The highest BCUT2D eigenvalue weighted by molar-refractivity contribution is 6.30. The van der Waals surface area contributed by atoms with Gasteiger partial charge in [-0.2, -0.15) is 0 Å². The van der Waals surface area contributed by atoms with Crippen LogP contribution in [0, 0.1) is 13.8 Å². The summed E-state index contributed by atoms with van der Waals surface area (Å²) in [5.41, 5.74) is 2.82. The van der Waals surface area contributed by atoms with Gasteiger partial charge in [-0.25, -0.2) is 4.79 Å². The van der Waals surface area contributed by atoms with Crippen LogP contribution in [0.1, 0.15) is 63.9 Å². The van der Waals surface area contributed by atoms with Gasteiger partial charge in [-0.1, -0.05) is 42.5 Å². The molecule has 0 saturated heterocycles. The second-order valence-corrected chi connectivity index (χ2v) is 7.62. The highest BCUT2D eigenvalue weighted by Gasteiger charge is 2.33. The summed E-state index contributed by atoms with van der Waals surface area (Å²) in [6.45, 7) is 7.52. The van der Waals surface area contributed by atoms with Gasteiger partial charge >= 0.3 is 5.97 Å². The topological polar surface area (TPSA) is 82.4 Å². The molecule has 1 aromatic heterocycles. The Morgan fingerprint density at radius 3 is 2.28 bits per heavy atom. The highest BCUT2D eigenvalue weighted by atomic mass is 16.5. The van der Waals surface area contributed by atoms with E-state index >= 15 is 0 Å². The number of aromatic nitrogens is 1. The molecule has 6 heteroatoms. The standard InChI is InChI=1S/C26H21NO5/c1-4-12-27-15(2)13-21(16(27)3)22(28)14-32-26(31)20-11-7-10-19-23(20)25(30)18-9-6-5-8-17(18)24(19)29/h4-11,13H,1,12,14H2,2-3H3. The van der Waals surface area contributed by atoms with Crippen LogP contribution in [-0.2, 0) is 11.3 Å². The molecule has 0 amide bonds. The zero-order valence-corrected chi connectivity index (χ0v) is 17.8. The monoisotopic (exact) mass is 427 g/mol. The summed E-state index contributed by atoms with van der Waals surface area (Å²) in [7, 11) is 0. The van der Waals surface area contributed by atoms with Gasteiger partial charge in [0.2, 0.25) is 5.78 Å². The van der Waals surface area contributed by atoms with Gasteiger partial charge in [-0.05, 0) is 26.0 Å². The van der Waals surface area contributed by atoms with Crippen molar-refractivity contribution in [2.24, 2.45) is 0 Å². The van der Waals surface area contributed by atoms with Gasteiger partial charge in [0.15, 0.2) is 18.2 Å². The first kappa shape index (κ1) is 21.2. The number of ether oxygens (including phenoxy) is 1. The summed E-state index contributed by atoms with van der Waals surface area (Å²) in [5, 5.41) is 0. The van der Waals surface area contributed by atoms with Crippen LogP contribution in [-0.4, -0.2) is 34.5 Å². The minimum Gasteiger partial charge on any atom is -0.454 e. The molecule has 6 nitrogen and oxygen atoms in total. The Labute approximate surface area is 185 Å². The third-order valence-electron chi connectivity index (χ3n) is 5.69. The van der Waals surface area contributed by atoms with E-state index in [4.69, 9.17) is 4.74 Å². The summed E-state index contributed by atoms with van der Waals surface area (Å²) in [6, 6.07) is 12.7. The normalized spacial score (nSPS) is 12.2. The van der Waals surface area contributed by atoms with Gasteiger partial charge in [0.1, 0.15) is 0 Å². The lowest BCUT2D eigenvalue weighted by Gasteiger charge is -2.19. The van der Waals surface area contributed by atoms with Gasteiger partial charge in [0.05, 0.1) is 5.56 Å². The molecular formula is C26H21NO5. The average molecular weight is 427 g/mol. The predicted octanol–water partition coefficient (Wildman–Crippen LogP) is 4.11. The Bertz CT molecular complexity index is 1310. The largest absolute Gasteiger partial charge is 0.454 e.